The fourth-order valence-electron chi connectivity index (χ4n) is 1.89. The first-order chi connectivity index (χ1) is 11.0. The summed E-state index contributed by atoms with van der Waals surface area (Å²) in [7, 11) is 0. The van der Waals surface area contributed by atoms with E-state index in [9.17, 15) is 4.79 Å². The van der Waals surface area contributed by atoms with E-state index < -0.39 is 5.97 Å². The van der Waals surface area contributed by atoms with Crippen molar-refractivity contribution in [1.29, 1.82) is 0 Å². The minimum atomic E-state index is -0.462. The van der Waals surface area contributed by atoms with Crippen molar-refractivity contribution in [1.82, 2.24) is 15.1 Å². The highest BCUT2D eigenvalue weighted by molar-refractivity contribution is 7.17. The fraction of sp³-hybridized carbons (Fsp3) is 0.200. The van der Waals surface area contributed by atoms with Crippen LogP contribution in [0.15, 0.2) is 28.8 Å². The molecule has 0 unspecified atom stereocenters. The molecule has 6 nitrogen and oxygen atoms in total. The van der Waals surface area contributed by atoms with E-state index in [2.05, 4.69) is 15.1 Å². The highest BCUT2D eigenvalue weighted by atomic mass is 35.5. The number of aryl methyl sites for hydroxylation is 2. The van der Waals surface area contributed by atoms with E-state index in [0.29, 0.717) is 21.4 Å². The summed E-state index contributed by atoms with van der Waals surface area (Å²) >= 11 is 7.15. The maximum atomic E-state index is 12.2. The molecule has 0 saturated carbocycles. The van der Waals surface area contributed by atoms with E-state index in [-0.39, 0.29) is 12.5 Å². The van der Waals surface area contributed by atoms with Gasteiger partial charge in [-0.1, -0.05) is 28.9 Å². The summed E-state index contributed by atoms with van der Waals surface area (Å²) in [5.41, 5.74) is 1.51. The molecule has 23 heavy (non-hydrogen) atoms. The lowest BCUT2D eigenvalue weighted by molar-refractivity contribution is 0.0434. The van der Waals surface area contributed by atoms with Gasteiger partial charge in [-0.25, -0.2) is 9.78 Å². The number of carbonyl (C=O) groups excluding carboxylic acids is 1. The fourth-order valence-corrected chi connectivity index (χ4v) is 2.98. The van der Waals surface area contributed by atoms with Gasteiger partial charge in [-0.3, -0.25) is 0 Å². The number of nitrogens with zero attached hydrogens (tertiary/aromatic N) is 3. The van der Waals surface area contributed by atoms with Gasteiger partial charge in [0.1, 0.15) is 9.88 Å². The van der Waals surface area contributed by atoms with Crippen molar-refractivity contribution < 1.29 is 14.1 Å². The molecule has 0 aliphatic carbocycles. The zero-order valence-electron chi connectivity index (χ0n) is 12.4. The lowest BCUT2D eigenvalue weighted by atomic mass is 10.2. The Morgan fingerprint density at radius 3 is 2.65 bits per heavy atom. The molecule has 0 fully saturated rings. The summed E-state index contributed by atoms with van der Waals surface area (Å²) < 4.78 is 10.1. The molecule has 8 heteroatoms. The topological polar surface area (TPSA) is 78.1 Å². The van der Waals surface area contributed by atoms with Crippen LogP contribution in [0.1, 0.15) is 27.1 Å². The molecule has 2 heterocycles. The van der Waals surface area contributed by atoms with Crippen LogP contribution in [0.4, 0.5) is 0 Å². The van der Waals surface area contributed by atoms with E-state index in [4.69, 9.17) is 20.9 Å². The molecule has 0 bridgehead atoms. The minimum absolute atomic E-state index is 0.0622. The van der Waals surface area contributed by atoms with Crippen LogP contribution in [0.5, 0.6) is 0 Å². The normalized spacial score (nSPS) is 10.7. The van der Waals surface area contributed by atoms with Crippen molar-refractivity contribution >= 4 is 28.9 Å². The lowest BCUT2D eigenvalue weighted by Crippen LogP contribution is -2.05. The molecular formula is C15H12ClN3O3S. The summed E-state index contributed by atoms with van der Waals surface area (Å²) in [6.45, 7) is 3.40. The molecule has 0 spiro atoms. The van der Waals surface area contributed by atoms with Crippen LogP contribution in [0.25, 0.3) is 10.6 Å². The molecule has 118 valence electrons. The molecule has 0 N–H and O–H groups in total. The maximum absolute atomic E-state index is 12.2. The molecule has 3 rings (SSSR count). The van der Waals surface area contributed by atoms with Crippen molar-refractivity contribution in [3.8, 4) is 10.6 Å². The third-order valence-electron chi connectivity index (χ3n) is 2.97. The number of rotatable bonds is 4. The molecule has 0 radical (unpaired) electrons. The van der Waals surface area contributed by atoms with Crippen LogP contribution < -0.4 is 0 Å². The predicted octanol–water partition coefficient (Wildman–Crippen LogP) is 3.82. The Labute approximate surface area is 141 Å². The van der Waals surface area contributed by atoms with Crippen LogP contribution in [-0.2, 0) is 11.3 Å². The van der Waals surface area contributed by atoms with Gasteiger partial charge < -0.3 is 9.26 Å². The Balaban J connectivity index is 1.74. The van der Waals surface area contributed by atoms with Gasteiger partial charge in [-0.15, -0.1) is 11.3 Å². The molecule has 0 aliphatic heterocycles. The number of halogens is 1. The van der Waals surface area contributed by atoms with E-state index in [1.165, 1.54) is 11.3 Å². The number of aromatic nitrogens is 3. The average molecular weight is 350 g/mol. The van der Waals surface area contributed by atoms with E-state index in [1.807, 2.05) is 12.1 Å². The molecule has 0 saturated heterocycles. The number of hydrogen-bond acceptors (Lipinski definition) is 7. The van der Waals surface area contributed by atoms with Crippen LogP contribution in [0.3, 0.4) is 0 Å². The number of carbonyl (C=O) groups is 1. The maximum Gasteiger partial charge on any atom is 0.350 e. The first kappa shape index (κ1) is 15.6. The van der Waals surface area contributed by atoms with Gasteiger partial charge in [0.2, 0.25) is 0 Å². The van der Waals surface area contributed by atoms with Gasteiger partial charge in [0, 0.05) is 10.6 Å². The number of thiazole rings is 1. The average Bonchev–Trinajstić information content (AvgIpc) is 3.11. The Kier molecular flexibility index (Phi) is 4.40. The van der Waals surface area contributed by atoms with Gasteiger partial charge >= 0.3 is 5.97 Å². The van der Waals surface area contributed by atoms with Crippen molar-refractivity contribution in [2.24, 2.45) is 0 Å². The molecule has 1 aromatic carbocycles. The van der Waals surface area contributed by atoms with Gasteiger partial charge in [0.05, 0.1) is 5.69 Å². The largest absolute Gasteiger partial charge is 0.451 e. The second kappa shape index (κ2) is 6.47. The number of hydrogen-bond donors (Lipinski definition) is 0. The van der Waals surface area contributed by atoms with Crippen molar-refractivity contribution in [3.05, 3.63) is 51.6 Å². The van der Waals surface area contributed by atoms with Gasteiger partial charge in [0.25, 0.3) is 5.89 Å². The Bertz CT molecular complexity index is 842. The van der Waals surface area contributed by atoms with Crippen LogP contribution >= 0.6 is 22.9 Å². The van der Waals surface area contributed by atoms with Gasteiger partial charge in [-0.2, -0.15) is 4.98 Å². The van der Waals surface area contributed by atoms with Gasteiger partial charge in [0.15, 0.2) is 12.4 Å². The Morgan fingerprint density at radius 1 is 1.26 bits per heavy atom. The second-order valence-corrected chi connectivity index (χ2v) is 6.19. The highest BCUT2D eigenvalue weighted by Crippen LogP contribution is 2.29. The summed E-state index contributed by atoms with van der Waals surface area (Å²) in [4.78, 5) is 21.0. The van der Waals surface area contributed by atoms with Gasteiger partial charge in [-0.05, 0) is 26.0 Å². The molecule has 3 aromatic rings. The first-order valence-electron chi connectivity index (χ1n) is 6.72. The first-order valence-corrected chi connectivity index (χ1v) is 7.92. The monoisotopic (exact) mass is 349 g/mol. The Morgan fingerprint density at radius 2 is 2.00 bits per heavy atom. The lowest BCUT2D eigenvalue weighted by Gasteiger charge is -1.99. The van der Waals surface area contributed by atoms with E-state index >= 15 is 0 Å². The quantitative estimate of drug-likeness (QED) is 0.666. The van der Waals surface area contributed by atoms with E-state index in [0.717, 1.165) is 10.6 Å². The number of ether oxygens (including phenoxy) is 1. The third-order valence-corrected chi connectivity index (χ3v) is 4.41. The molecule has 0 aliphatic rings. The highest BCUT2D eigenvalue weighted by Gasteiger charge is 2.18. The minimum Gasteiger partial charge on any atom is -0.451 e. The van der Waals surface area contributed by atoms with Crippen LogP contribution in [0.2, 0.25) is 5.02 Å². The summed E-state index contributed by atoms with van der Waals surface area (Å²) in [6.07, 6.45) is 0. The zero-order valence-corrected chi connectivity index (χ0v) is 13.9. The predicted molar refractivity (Wildman–Crippen MR) is 85.5 cm³/mol. The second-order valence-electron chi connectivity index (χ2n) is 4.75. The number of benzene rings is 1. The summed E-state index contributed by atoms with van der Waals surface area (Å²) in [5.74, 6) is 0.294. The van der Waals surface area contributed by atoms with Crippen molar-refractivity contribution in [2.45, 2.75) is 20.5 Å². The summed E-state index contributed by atoms with van der Waals surface area (Å²) in [5, 5.41) is 5.02. The Hall–Kier alpha value is -2.25. The van der Waals surface area contributed by atoms with Crippen molar-refractivity contribution in [3.63, 3.8) is 0 Å². The smallest absolute Gasteiger partial charge is 0.350 e. The molecular weight excluding hydrogens is 338 g/mol. The third kappa shape index (κ3) is 3.57. The molecule has 0 amide bonds. The number of esters is 1. The SMILES string of the molecule is Cc1noc(COC(=O)c2sc(-c3ccc(Cl)cc3)nc2C)n1. The molecule has 0 atom stereocenters. The standard InChI is InChI=1S/C15H12ClN3O3S/c1-8-13(15(20)21-7-12-18-9(2)19-22-12)23-14(17-8)10-3-5-11(16)6-4-10/h3-6H,7H2,1-2H3. The van der Waals surface area contributed by atoms with Crippen LogP contribution in [-0.4, -0.2) is 21.1 Å². The van der Waals surface area contributed by atoms with Crippen LogP contribution in [0, 0.1) is 13.8 Å². The molecule has 2 aromatic heterocycles. The zero-order chi connectivity index (χ0) is 16.4. The van der Waals surface area contributed by atoms with Crippen molar-refractivity contribution in [2.75, 3.05) is 0 Å². The summed E-state index contributed by atoms with van der Waals surface area (Å²) in [6, 6.07) is 7.28. The van der Waals surface area contributed by atoms with E-state index in [1.54, 1.807) is 26.0 Å².